The van der Waals surface area contributed by atoms with Gasteiger partial charge in [0.25, 0.3) is 5.91 Å². The van der Waals surface area contributed by atoms with Crippen LogP contribution in [0.1, 0.15) is 23.8 Å². The van der Waals surface area contributed by atoms with E-state index in [1.165, 1.54) is 4.90 Å². The second kappa shape index (κ2) is 8.23. The van der Waals surface area contributed by atoms with Gasteiger partial charge in [-0.3, -0.25) is 14.5 Å². The van der Waals surface area contributed by atoms with Crippen LogP contribution < -0.4 is 10.6 Å². The van der Waals surface area contributed by atoms with E-state index >= 15 is 0 Å². The number of furan rings is 1. The Kier molecular flexibility index (Phi) is 5.50. The highest BCUT2D eigenvalue weighted by Gasteiger charge is 2.43. The Labute approximate surface area is 178 Å². The molecule has 2 aromatic rings. The van der Waals surface area contributed by atoms with Gasteiger partial charge in [0.05, 0.1) is 36.7 Å². The summed E-state index contributed by atoms with van der Waals surface area (Å²) in [5, 5.41) is 6.09. The van der Waals surface area contributed by atoms with Gasteiger partial charge in [-0.1, -0.05) is 29.8 Å². The number of rotatable bonds is 6. The van der Waals surface area contributed by atoms with Crippen LogP contribution in [-0.2, 0) is 16.1 Å². The molecule has 0 radical (unpaired) electrons. The summed E-state index contributed by atoms with van der Waals surface area (Å²) >= 11 is 6.32. The number of urea groups is 1. The average Bonchev–Trinajstić information content (AvgIpc) is 3.36. The maximum absolute atomic E-state index is 13.1. The maximum atomic E-state index is 13.1. The lowest BCUT2D eigenvalue weighted by atomic mass is 9.95. The van der Waals surface area contributed by atoms with Crippen LogP contribution in [0.3, 0.4) is 0 Å². The molecule has 0 bridgehead atoms. The van der Waals surface area contributed by atoms with Gasteiger partial charge >= 0.3 is 6.03 Å². The summed E-state index contributed by atoms with van der Waals surface area (Å²) in [7, 11) is 1.63. The second-order valence-electron chi connectivity index (χ2n) is 7.16. The molecule has 0 saturated carbocycles. The van der Waals surface area contributed by atoms with Gasteiger partial charge in [0.2, 0.25) is 5.91 Å². The van der Waals surface area contributed by atoms with Gasteiger partial charge in [-0.2, -0.15) is 0 Å². The van der Waals surface area contributed by atoms with Crippen LogP contribution in [0, 0.1) is 0 Å². The zero-order valence-corrected chi connectivity index (χ0v) is 17.1. The van der Waals surface area contributed by atoms with E-state index in [9.17, 15) is 14.4 Å². The topological polar surface area (TPSA) is 94.9 Å². The monoisotopic (exact) mass is 428 g/mol. The second-order valence-corrected chi connectivity index (χ2v) is 7.56. The molecule has 4 rings (SSSR count). The average molecular weight is 429 g/mol. The standard InChI is InChI=1S/C21H21ClN4O4/c1-25-16-12-26(9-8-17(27)23-11-13-5-4-10-30-13)20(28)18(16)19(24-21(25)29)14-6-2-3-7-15(14)22/h2-7,10,19H,8-9,11-12H2,1H3,(H,23,27)(H,24,29)/t19-/m0/s1. The van der Waals surface area contributed by atoms with Crippen molar-refractivity contribution in [3.05, 3.63) is 70.3 Å². The number of hydrogen-bond donors (Lipinski definition) is 2. The van der Waals surface area contributed by atoms with E-state index < -0.39 is 6.04 Å². The van der Waals surface area contributed by atoms with Crippen molar-refractivity contribution in [3.8, 4) is 0 Å². The van der Waals surface area contributed by atoms with Crippen LogP contribution in [-0.4, -0.2) is 47.8 Å². The molecule has 0 saturated heterocycles. The Bertz CT molecular complexity index is 1020. The fourth-order valence-electron chi connectivity index (χ4n) is 3.67. The molecule has 156 valence electrons. The molecule has 8 nitrogen and oxygen atoms in total. The van der Waals surface area contributed by atoms with Gasteiger partial charge in [0.15, 0.2) is 0 Å². The molecule has 1 atom stereocenters. The lowest BCUT2D eigenvalue weighted by molar-refractivity contribution is -0.127. The minimum atomic E-state index is -0.623. The smallest absolute Gasteiger partial charge is 0.322 e. The highest BCUT2D eigenvalue weighted by Crippen LogP contribution is 2.37. The maximum Gasteiger partial charge on any atom is 0.322 e. The molecule has 0 unspecified atom stereocenters. The van der Waals surface area contributed by atoms with Gasteiger partial charge in [0, 0.05) is 25.0 Å². The fourth-order valence-corrected chi connectivity index (χ4v) is 3.92. The van der Waals surface area contributed by atoms with Crippen molar-refractivity contribution in [3.63, 3.8) is 0 Å². The molecule has 0 spiro atoms. The molecule has 0 fully saturated rings. The lowest BCUT2D eigenvalue weighted by Crippen LogP contribution is -2.45. The molecule has 30 heavy (non-hydrogen) atoms. The van der Waals surface area contributed by atoms with Crippen molar-refractivity contribution in [1.29, 1.82) is 0 Å². The van der Waals surface area contributed by atoms with Crippen molar-refractivity contribution in [2.75, 3.05) is 20.1 Å². The largest absolute Gasteiger partial charge is 0.467 e. The van der Waals surface area contributed by atoms with Crippen molar-refractivity contribution in [2.45, 2.75) is 19.0 Å². The third-order valence-electron chi connectivity index (χ3n) is 5.30. The van der Waals surface area contributed by atoms with E-state index in [2.05, 4.69) is 10.6 Å². The number of hydrogen-bond acceptors (Lipinski definition) is 4. The molecule has 2 aliphatic heterocycles. The summed E-state index contributed by atoms with van der Waals surface area (Å²) in [6.45, 7) is 0.807. The Morgan fingerprint density at radius 2 is 2.07 bits per heavy atom. The number of carbonyl (C=O) groups excluding carboxylic acids is 3. The lowest BCUT2D eigenvalue weighted by Gasteiger charge is -2.31. The SMILES string of the molecule is CN1C(=O)N[C@@H](c2ccccc2Cl)C2=C1CN(CCC(=O)NCc1ccco1)C2=O. The van der Waals surface area contributed by atoms with E-state index in [4.69, 9.17) is 16.0 Å². The van der Waals surface area contributed by atoms with Gasteiger partial charge in [-0.05, 0) is 23.8 Å². The Morgan fingerprint density at radius 3 is 2.80 bits per heavy atom. The molecule has 0 aliphatic carbocycles. The summed E-state index contributed by atoms with van der Waals surface area (Å²) in [6, 6.07) is 9.73. The van der Waals surface area contributed by atoms with Gasteiger partial charge in [-0.25, -0.2) is 4.79 Å². The summed E-state index contributed by atoms with van der Waals surface area (Å²) in [4.78, 5) is 40.8. The van der Waals surface area contributed by atoms with Crippen molar-refractivity contribution in [2.24, 2.45) is 0 Å². The normalized spacial score (nSPS) is 18.5. The van der Waals surface area contributed by atoms with Gasteiger partial charge in [0.1, 0.15) is 5.76 Å². The number of nitrogens with zero attached hydrogens (tertiary/aromatic N) is 2. The first-order valence-corrected chi connectivity index (χ1v) is 9.93. The van der Waals surface area contributed by atoms with Crippen LogP contribution in [0.5, 0.6) is 0 Å². The molecule has 4 amide bonds. The number of benzene rings is 1. The third-order valence-corrected chi connectivity index (χ3v) is 5.64. The molecular weight excluding hydrogens is 408 g/mol. The van der Waals surface area contributed by atoms with E-state index in [-0.39, 0.29) is 37.4 Å². The van der Waals surface area contributed by atoms with Crippen molar-refractivity contribution in [1.82, 2.24) is 20.4 Å². The predicted molar refractivity (Wildman–Crippen MR) is 109 cm³/mol. The molecule has 1 aromatic heterocycles. The van der Waals surface area contributed by atoms with Gasteiger partial charge < -0.3 is 20.0 Å². The summed E-state index contributed by atoms with van der Waals surface area (Å²) in [5.74, 6) is 0.265. The Hall–Kier alpha value is -3.26. The number of carbonyl (C=O) groups is 3. The number of amides is 4. The van der Waals surface area contributed by atoms with E-state index in [1.807, 2.05) is 6.07 Å². The summed E-state index contributed by atoms with van der Waals surface area (Å²) < 4.78 is 5.19. The van der Waals surface area contributed by atoms with Crippen molar-refractivity contribution >= 4 is 29.4 Å². The summed E-state index contributed by atoms with van der Waals surface area (Å²) in [6.07, 6.45) is 1.69. The first-order valence-electron chi connectivity index (χ1n) is 9.55. The van der Waals surface area contributed by atoms with Crippen molar-refractivity contribution < 1.29 is 18.8 Å². The Morgan fingerprint density at radius 1 is 1.27 bits per heavy atom. The van der Waals surface area contributed by atoms with Crippen LogP contribution in [0.15, 0.2) is 58.3 Å². The molecule has 2 N–H and O–H groups in total. The first-order chi connectivity index (χ1) is 14.5. The molecule has 2 aliphatic rings. The molecule has 1 aromatic carbocycles. The Balaban J connectivity index is 1.46. The predicted octanol–water partition coefficient (Wildman–Crippen LogP) is 2.43. The zero-order chi connectivity index (χ0) is 21.3. The first kappa shape index (κ1) is 20.0. The zero-order valence-electron chi connectivity index (χ0n) is 16.4. The number of nitrogens with one attached hydrogen (secondary N) is 2. The minimum absolute atomic E-state index is 0.148. The summed E-state index contributed by atoms with van der Waals surface area (Å²) in [5.41, 5.74) is 1.78. The fraction of sp³-hybridized carbons (Fsp3) is 0.286. The molecule has 3 heterocycles. The highest BCUT2D eigenvalue weighted by atomic mass is 35.5. The van der Waals surface area contributed by atoms with Crippen LogP contribution in [0.2, 0.25) is 5.02 Å². The van der Waals surface area contributed by atoms with Crippen LogP contribution >= 0.6 is 11.6 Å². The van der Waals surface area contributed by atoms with E-state index in [0.29, 0.717) is 34.2 Å². The molecular formula is C21H21ClN4O4. The minimum Gasteiger partial charge on any atom is -0.467 e. The number of likely N-dealkylation sites (N-methyl/N-ethyl adjacent to an activating group) is 1. The van der Waals surface area contributed by atoms with E-state index in [1.54, 1.807) is 48.5 Å². The molecule has 9 heteroatoms. The van der Waals surface area contributed by atoms with Gasteiger partial charge in [-0.15, -0.1) is 0 Å². The van der Waals surface area contributed by atoms with Crippen LogP contribution in [0.4, 0.5) is 4.79 Å². The van der Waals surface area contributed by atoms with E-state index in [0.717, 1.165) is 0 Å². The number of halogens is 1. The third kappa shape index (κ3) is 3.78. The quantitative estimate of drug-likeness (QED) is 0.738. The highest BCUT2D eigenvalue weighted by molar-refractivity contribution is 6.31. The van der Waals surface area contributed by atoms with Crippen LogP contribution in [0.25, 0.3) is 0 Å².